The van der Waals surface area contributed by atoms with E-state index in [0.29, 0.717) is 24.8 Å². The number of rotatable bonds is 8. The van der Waals surface area contributed by atoms with Gasteiger partial charge in [0.25, 0.3) is 5.91 Å². The number of ether oxygens (including phenoxy) is 1. The molecule has 5 N–H and O–H groups in total. The Labute approximate surface area is 201 Å². The molecular weight excluding hydrogens is 426 g/mol. The van der Waals surface area contributed by atoms with Gasteiger partial charge in [0.1, 0.15) is 11.4 Å². The number of nitrogens with two attached hydrogens (primary N) is 2. The van der Waals surface area contributed by atoms with Crippen LogP contribution in [0.15, 0.2) is 60.7 Å². The van der Waals surface area contributed by atoms with Gasteiger partial charge in [-0.1, -0.05) is 48.5 Å². The van der Waals surface area contributed by atoms with Crippen LogP contribution in [-0.4, -0.2) is 42.0 Å². The Morgan fingerprint density at radius 1 is 1.06 bits per heavy atom. The lowest BCUT2D eigenvalue weighted by Crippen LogP contribution is -2.38. The van der Waals surface area contributed by atoms with Crippen LogP contribution >= 0.6 is 0 Å². The molecular formula is C27H33N5O2. The first-order chi connectivity index (χ1) is 16.5. The summed E-state index contributed by atoms with van der Waals surface area (Å²) in [7, 11) is 0. The number of aromatic nitrogens is 1. The highest BCUT2D eigenvalue weighted by atomic mass is 16.5. The predicted molar refractivity (Wildman–Crippen MR) is 136 cm³/mol. The summed E-state index contributed by atoms with van der Waals surface area (Å²) < 4.78 is 5.39. The molecule has 2 aromatic carbocycles. The zero-order valence-electron chi connectivity index (χ0n) is 19.7. The van der Waals surface area contributed by atoms with E-state index in [1.807, 2.05) is 13.0 Å². The number of carbonyl (C=O) groups excluding carboxylic acids is 1. The molecule has 7 nitrogen and oxygen atoms in total. The molecule has 0 aliphatic carbocycles. The van der Waals surface area contributed by atoms with Gasteiger partial charge in [-0.05, 0) is 67.6 Å². The van der Waals surface area contributed by atoms with Gasteiger partial charge in [-0.25, -0.2) is 4.98 Å². The third-order valence-corrected chi connectivity index (χ3v) is 6.27. The second-order valence-corrected chi connectivity index (χ2v) is 8.74. The molecule has 2 heterocycles. The van der Waals surface area contributed by atoms with Crippen molar-refractivity contribution in [3.63, 3.8) is 0 Å². The molecule has 3 aromatic rings. The first-order valence-electron chi connectivity index (χ1n) is 11.9. The van der Waals surface area contributed by atoms with Gasteiger partial charge in [0.15, 0.2) is 0 Å². The summed E-state index contributed by atoms with van der Waals surface area (Å²) in [6, 6.07) is 20.7. The lowest BCUT2D eigenvalue weighted by Gasteiger charge is -2.32. The maximum absolute atomic E-state index is 12.6. The summed E-state index contributed by atoms with van der Waals surface area (Å²) in [4.78, 5) is 19.3. The Hall–Kier alpha value is -3.58. The molecule has 1 aromatic heterocycles. The van der Waals surface area contributed by atoms with Gasteiger partial charge >= 0.3 is 0 Å². The molecule has 34 heavy (non-hydrogen) atoms. The molecule has 7 heteroatoms. The van der Waals surface area contributed by atoms with Crippen LogP contribution in [0, 0.1) is 5.92 Å². The molecule has 1 amide bonds. The molecule has 178 valence electrons. The van der Waals surface area contributed by atoms with Crippen LogP contribution in [-0.2, 0) is 6.54 Å². The number of anilines is 2. The smallest absolute Gasteiger partial charge is 0.270 e. The Kier molecular flexibility index (Phi) is 7.65. The third-order valence-electron chi connectivity index (χ3n) is 6.27. The van der Waals surface area contributed by atoms with Crippen molar-refractivity contribution in [2.24, 2.45) is 5.92 Å². The van der Waals surface area contributed by atoms with E-state index in [1.165, 1.54) is 22.8 Å². The fourth-order valence-electron chi connectivity index (χ4n) is 4.33. The maximum atomic E-state index is 12.6. The minimum atomic E-state index is -0.257. The van der Waals surface area contributed by atoms with E-state index in [0.717, 1.165) is 32.5 Å². The van der Waals surface area contributed by atoms with Crippen molar-refractivity contribution in [2.45, 2.75) is 26.3 Å². The minimum absolute atomic E-state index is 0.206. The zero-order chi connectivity index (χ0) is 23.9. The maximum Gasteiger partial charge on any atom is 0.270 e. The number of piperidine rings is 1. The molecule has 0 radical (unpaired) electrons. The van der Waals surface area contributed by atoms with Gasteiger partial charge in [0.2, 0.25) is 5.88 Å². The van der Waals surface area contributed by atoms with E-state index in [1.54, 1.807) is 0 Å². The predicted octanol–water partition coefficient (Wildman–Crippen LogP) is 3.95. The standard InChI is InChI=1S/C27H33N5O2/c1-2-34-27-25(29)23(28)16-24(31-27)26(33)30-17-19-11-13-32(14-12-19)18-20-7-6-10-22(15-20)21-8-4-3-5-9-21/h3-10,15-16,19H,2,11-14,17-18,29H2,1H3,(H2,28,31)(H,30,33). The van der Waals surface area contributed by atoms with Gasteiger partial charge in [-0.15, -0.1) is 0 Å². The number of carbonyl (C=O) groups is 1. The summed E-state index contributed by atoms with van der Waals surface area (Å²) in [5, 5.41) is 3.00. The van der Waals surface area contributed by atoms with Crippen LogP contribution in [0.1, 0.15) is 35.8 Å². The fraction of sp³-hybridized carbons (Fsp3) is 0.333. The van der Waals surface area contributed by atoms with Crippen LogP contribution in [0.4, 0.5) is 11.4 Å². The van der Waals surface area contributed by atoms with E-state index < -0.39 is 0 Å². The molecule has 0 unspecified atom stereocenters. The average molecular weight is 460 g/mol. The number of amides is 1. The highest BCUT2D eigenvalue weighted by molar-refractivity contribution is 5.94. The number of hydrogen-bond donors (Lipinski definition) is 3. The SMILES string of the molecule is CCOc1nc(C(=O)NCC2CCN(Cc3cccc(-c4ccccc4)c3)CC2)cc(N)c1N. The second-order valence-electron chi connectivity index (χ2n) is 8.74. The number of benzene rings is 2. The zero-order valence-corrected chi connectivity index (χ0v) is 19.7. The van der Waals surface area contributed by atoms with E-state index in [4.69, 9.17) is 16.2 Å². The monoisotopic (exact) mass is 459 g/mol. The van der Waals surface area contributed by atoms with Gasteiger partial charge in [0.05, 0.1) is 12.3 Å². The lowest BCUT2D eigenvalue weighted by atomic mass is 9.96. The van der Waals surface area contributed by atoms with Crippen molar-refractivity contribution in [1.82, 2.24) is 15.2 Å². The minimum Gasteiger partial charge on any atom is -0.476 e. The number of nitrogens with zero attached hydrogens (tertiary/aromatic N) is 2. The van der Waals surface area contributed by atoms with E-state index in [9.17, 15) is 4.79 Å². The van der Waals surface area contributed by atoms with Crippen LogP contribution < -0.4 is 21.5 Å². The number of nitrogen functional groups attached to an aromatic ring is 2. The molecule has 0 bridgehead atoms. The quantitative estimate of drug-likeness (QED) is 0.471. The fourth-order valence-corrected chi connectivity index (χ4v) is 4.33. The molecule has 1 fully saturated rings. The largest absolute Gasteiger partial charge is 0.476 e. The summed E-state index contributed by atoms with van der Waals surface area (Å²) in [6.07, 6.45) is 2.08. The summed E-state index contributed by atoms with van der Waals surface area (Å²) >= 11 is 0. The highest BCUT2D eigenvalue weighted by Crippen LogP contribution is 2.26. The molecule has 1 saturated heterocycles. The first kappa shape index (κ1) is 23.6. The summed E-state index contributed by atoms with van der Waals surface area (Å²) in [6.45, 7) is 5.81. The van der Waals surface area contributed by atoms with Crippen molar-refractivity contribution in [3.05, 3.63) is 71.9 Å². The molecule has 0 spiro atoms. The highest BCUT2D eigenvalue weighted by Gasteiger charge is 2.21. The van der Waals surface area contributed by atoms with Crippen molar-refractivity contribution < 1.29 is 9.53 Å². The van der Waals surface area contributed by atoms with Crippen LogP contribution in [0.5, 0.6) is 5.88 Å². The number of pyridine rings is 1. The third kappa shape index (κ3) is 5.85. The lowest BCUT2D eigenvalue weighted by molar-refractivity contribution is 0.0929. The van der Waals surface area contributed by atoms with E-state index in [2.05, 4.69) is 63.7 Å². The normalized spacial score (nSPS) is 14.6. The topological polar surface area (TPSA) is 106 Å². The van der Waals surface area contributed by atoms with Gasteiger partial charge in [0, 0.05) is 13.1 Å². The average Bonchev–Trinajstić information content (AvgIpc) is 2.87. The van der Waals surface area contributed by atoms with Crippen molar-refractivity contribution in [3.8, 4) is 17.0 Å². The number of hydrogen-bond acceptors (Lipinski definition) is 6. The van der Waals surface area contributed by atoms with Crippen LogP contribution in [0.3, 0.4) is 0 Å². The summed E-state index contributed by atoms with van der Waals surface area (Å²) in [5.74, 6) is 0.387. The Bertz CT molecular complexity index is 1110. The number of likely N-dealkylation sites (tertiary alicyclic amines) is 1. The van der Waals surface area contributed by atoms with Crippen LogP contribution in [0.25, 0.3) is 11.1 Å². The molecule has 0 atom stereocenters. The van der Waals surface area contributed by atoms with Crippen molar-refractivity contribution in [1.29, 1.82) is 0 Å². The van der Waals surface area contributed by atoms with Crippen LogP contribution in [0.2, 0.25) is 0 Å². The van der Waals surface area contributed by atoms with Gasteiger partial charge < -0.3 is 21.5 Å². The van der Waals surface area contributed by atoms with E-state index >= 15 is 0 Å². The number of nitrogens with one attached hydrogen (secondary N) is 1. The molecule has 4 rings (SSSR count). The van der Waals surface area contributed by atoms with Gasteiger partial charge in [-0.2, -0.15) is 0 Å². The van der Waals surface area contributed by atoms with E-state index in [-0.39, 0.29) is 23.2 Å². The summed E-state index contributed by atoms with van der Waals surface area (Å²) in [5.41, 5.74) is 16.4. The molecule has 0 saturated carbocycles. The Morgan fingerprint density at radius 2 is 1.79 bits per heavy atom. The molecule has 1 aliphatic rings. The first-order valence-corrected chi connectivity index (χ1v) is 11.9. The van der Waals surface area contributed by atoms with Crippen molar-refractivity contribution in [2.75, 3.05) is 37.7 Å². The molecule has 1 aliphatic heterocycles. The van der Waals surface area contributed by atoms with Crippen molar-refractivity contribution >= 4 is 17.3 Å². The Balaban J connectivity index is 1.27. The van der Waals surface area contributed by atoms with Gasteiger partial charge in [-0.3, -0.25) is 9.69 Å². The Morgan fingerprint density at radius 3 is 2.53 bits per heavy atom. The second kappa shape index (κ2) is 11.0.